The topological polar surface area (TPSA) is 34.1 Å². The summed E-state index contributed by atoms with van der Waals surface area (Å²) in [5.41, 5.74) is 1.39. The predicted octanol–water partition coefficient (Wildman–Crippen LogP) is 3.34. The third-order valence-electron chi connectivity index (χ3n) is 2.77. The van der Waals surface area contributed by atoms with Crippen LogP contribution in [0, 0.1) is 5.41 Å². The molecule has 0 saturated heterocycles. The quantitative estimate of drug-likeness (QED) is 0.842. The number of thiazole rings is 1. The lowest BCUT2D eigenvalue weighted by molar-refractivity contribution is 0.175. The van der Waals surface area contributed by atoms with Gasteiger partial charge in [0.1, 0.15) is 0 Å². The Bertz CT molecular complexity index is 468. The van der Waals surface area contributed by atoms with Crippen LogP contribution in [0.25, 0.3) is 0 Å². The van der Waals surface area contributed by atoms with Crippen LogP contribution in [-0.2, 0) is 6.54 Å². The number of aromatic nitrogens is 1. The fourth-order valence-electron chi connectivity index (χ4n) is 1.73. The summed E-state index contributed by atoms with van der Waals surface area (Å²) < 4.78 is 5.68. The molecule has 1 aromatic heterocycles. The van der Waals surface area contributed by atoms with Crippen LogP contribution in [-0.4, -0.2) is 18.1 Å². The minimum atomic E-state index is 0.0838. The van der Waals surface area contributed by atoms with Gasteiger partial charge in [-0.25, -0.2) is 4.98 Å². The molecule has 1 aromatic carbocycles. The van der Waals surface area contributed by atoms with Crippen molar-refractivity contribution in [1.29, 1.82) is 0 Å². The SMILES string of the molecule is CC(C)(CNCc1ccccc1)COc1nccs1. The molecule has 0 fully saturated rings. The van der Waals surface area contributed by atoms with Crippen molar-refractivity contribution in [3.63, 3.8) is 0 Å². The van der Waals surface area contributed by atoms with Gasteiger partial charge in [0.05, 0.1) is 6.61 Å². The number of benzene rings is 1. The van der Waals surface area contributed by atoms with Crippen molar-refractivity contribution in [2.24, 2.45) is 5.41 Å². The van der Waals surface area contributed by atoms with Crippen molar-refractivity contribution in [2.75, 3.05) is 13.2 Å². The molecule has 2 aromatic rings. The van der Waals surface area contributed by atoms with E-state index in [1.807, 2.05) is 11.4 Å². The summed E-state index contributed by atoms with van der Waals surface area (Å²) in [6.07, 6.45) is 1.76. The van der Waals surface area contributed by atoms with Gasteiger partial charge in [-0.1, -0.05) is 55.5 Å². The lowest BCUT2D eigenvalue weighted by atomic mass is 9.95. The molecule has 4 heteroatoms. The van der Waals surface area contributed by atoms with E-state index in [9.17, 15) is 0 Å². The molecule has 3 nitrogen and oxygen atoms in total. The molecule has 2 rings (SSSR count). The van der Waals surface area contributed by atoms with Crippen molar-refractivity contribution in [1.82, 2.24) is 10.3 Å². The second-order valence-corrected chi connectivity index (χ2v) is 6.20. The Morgan fingerprint density at radius 3 is 2.74 bits per heavy atom. The highest BCUT2D eigenvalue weighted by atomic mass is 32.1. The van der Waals surface area contributed by atoms with E-state index in [1.54, 1.807) is 6.20 Å². The smallest absolute Gasteiger partial charge is 0.273 e. The molecule has 1 N–H and O–H groups in total. The van der Waals surface area contributed by atoms with E-state index in [2.05, 4.69) is 48.4 Å². The summed E-state index contributed by atoms with van der Waals surface area (Å²) in [6.45, 7) is 6.86. The Labute approximate surface area is 118 Å². The van der Waals surface area contributed by atoms with Gasteiger partial charge in [0.25, 0.3) is 5.19 Å². The first-order chi connectivity index (χ1) is 9.16. The van der Waals surface area contributed by atoms with Gasteiger partial charge < -0.3 is 10.1 Å². The molecular weight excluding hydrogens is 256 g/mol. The maximum atomic E-state index is 5.68. The number of nitrogens with one attached hydrogen (secondary N) is 1. The second kappa shape index (κ2) is 6.68. The van der Waals surface area contributed by atoms with Crippen LogP contribution >= 0.6 is 11.3 Å². The van der Waals surface area contributed by atoms with Gasteiger partial charge in [0.2, 0.25) is 0 Å². The van der Waals surface area contributed by atoms with Crippen molar-refractivity contribution >= 4 is 11.3 Å². The van der Waals surface area contributed by atoms with Crippen LogP contribution < -0.4 is 10.1 Å². The number of rotatable bonds is 7. The van der Waals surface area contributed by atoms with Gasteiger partial charge in [0, 0.05) is 30.1 Å². The maximum absolute atomic E-state index is 5.68. The molecule has 1 heterocycles. The Morgan fingerprint density at radius 2 is 2.05 bits per heavy atom. The Hall–Kier alpha value is -1.39. The zero-order valence-corrected chi connectivity index (χ0v) is 12.2. The molecule has 0 aliphatic carbocycles. The Morgan fingerprint density at radius 1 is 1.26 bits per heavy atom. The molecule has 0 saturated carbocycles. The minimum absolute atomic E-state index is 0.0838. The molecule has 0 atom stereocenters. The van der Waals surface area contributed by atoms with E-state index < -0.39 is 0 Å². The average Bonchev–Trinajstić information content (AvgIpc) is 2.91. The van der Waals surface area contributed by atoms with Crippen LogP contribution in [0.5, 0.6) is 5.19 Å². The van der Waals surface area contributed by atoms with Crippen molar-refractivity contribution < 1.29 is 4.74 Å². The number of nitrogens with zero attached hydrogens (tertiary/aromatic N) is 1. The lowest BCUT2D eigenvalue weighted by Crippen LogP contribution is -2.34. The third kappa shape index (κ3) is 5.01. The van der Waals surface area contributed by atoms with Gasteiger partial charge in [-0.3, -0.25) is 0 Å². The summed E-state index contributed by atoms with van der Waals surface area (Å²) in [7, 11) is 0. The summed E-state index contributed by atoms with van der Waals surface area (Å²) in [5, 5.41) is 6.15. The Kier molecular flexibility index (Phi) is 4.93. The Balaban J connectivity index is 1.71. The lowest BCUT2D eigenvalue weighted by Gasteiger charge is -2.24. The zero-order valence-electron chi connectivity index (χ0n) is 11.4. The molecule has 0 aliphatic rings. The standard InChI is InChI=1S/C15H20N2OS/c1-15(2,12-18-14-17-8-9-19-14)11-16-10-13-6-4-3-5-7-13/h3-9,16H,10-12H2,1-2H3. The van der Waals surface area contributed by atoms with E-state index in [-0.39, 0.29) is 5.41 Å². The van der Waals surface area contributed by atoms with Gasteiger partial charge >= 0.3 is 0 Å². The number of hydrogen-bond donors (Lipinski definition) is 1. The molecule has 102 valence electrons. The molecule has 0 bridgehead atoms. The summed E-state index contributed by atoms with van der Waals surface area (Å²) in [6, 6.07) is 10.4. The van der Waals surface area contributed by atoms with Crippen LogP contribution in [0.3, 0.4) is 0 Å². The normalized spacial score (nSPS) is 11.5. The van der Waals surface area contributed by atoms with Gasteiger partial charge in [-0.15, -0.1) is 0 Å². The highest BCUT2D eigenvalue weighted by Crippen LogP contribution is 2.19. The molecule has 0 amide bonds. The van der Waals surface area contributed by atoms with Crippen LogP contribution in [0.2, 0.25) is 0 Å². The first-order valence-corrected chi connectivity index (χ1v) is 7.31. The van der Waals surface area contributed by atoms with Gasteiger partial charge in [-0.05, 0) is 5.56 Å². The highest BCUT2D eigenvalue weighted by Gasteiger charge is 2.19. The van der Waals surface area contributed by atoms with E-state index >= 15 is 0 Å². The maximum Gasteiger partial charge on any atom is 0.273 e. The molecule has 0 unspecified atom stereocenters. The van der Waals surface area contributed by atoms with E-state index in [0.29, 0.717) is 6.61 Å². The van der Waals surface area contributed by atoms with E-state index in [1.165, 1.54) is 16.9 Å². The third-order valence-corrected chi connectivity index (χ3v) is 3.45. The molecule has 0 spiro atoms. The van der Waals surface area contributed by atoms with Crippen molar-refractivity contribution in [3.8, 4) is 5.19 Å². The first kappa shape index (κ1) is 14.0. The summed E-state index contributed by atoms with van der Waals surface area (Å²) >= 11 is 1.53. The van der Waals surface area contributed by atoms with Crippen molar-refractivity contribution in [3.05, 3.63) is 47.5 Å². The zero-order chi connectivity index (χ0) is 13.6. The van der Waals surface area contributed by atoms with Gasteiger partial charge in [-0.2, -0.15) is 0 Å². The fraction of sp³-hybridized carbons (Fsp3) is 0.400. The van der Waals surface area contributed by atoms with Crippen LogP contribution in [0.15, 0.2) is 41.9 Å². The molecule has 19 heavy (non-hydrogen) atoms. The number of hydrogen-bond acceptors (Lipinski definition) is 4. The van der Waals surface area contributed by atoms with Gasteiger partial charge in [0.15, 0.2) is 0 Å². The molecule has 0 radical (unpaired) electrons. The minimum Gasteiger partial charge on any atom is -0.469 e. The number of ether oxygens (including phenoxy) is 1. The molecule has 0 aliphatic heterocycles. The summed E-state index contributed by atoms with van der Waals surface area (Å²) in [5.74, 6) is 0. The largest absolute Gasteiger partial charge is 0.469 e. The first-order valence-electron chi connectivity index (χ1n) is 6.43. The van der Waals surface area contributed by atoms with Crippen molar-refractivity contribution in [2.45, 2.75) is 20.4 Å². The second-order valence-electron chi connectivity index (χ2n) is 5.34. The van der Waals surface area contributed by atoms with Crippen LogP contribution in [0.4, 0.5) is 0 Å². The van der Waals surface area contributed by atoms with E-state index in [4.69, 9.17) is 4.74 Å². The monoisotopic (exact) mass is 276 g/mol. The summed E-state index contributed by atoms with van der Waals surface area (Å²) in [4.78, 5) is 4.12. The van der Waals surface area contributed by atoms with Crippen LogP contribution in [0.1, 0.15) is 19.4 Å². The average molecular weight is 276 g/mol. The highest BCUT2D eigenvalue weighted by molar-refractivity contribution is 7.11. The predicted molar refractivity (Wildman–Crippen MR) is 79.5 cm³/mol. The molecular formula is C15H20N2OS. The van der Waals surface area contributed by atoms with E-state index in [0.717, 1.165) is 18.3 Å². The fourth-order valence-corrected chi connectivity index (χ4v) is 2.22.